The molecule has 2 aromatic rings. The van der Waals surface area contributed by atoms with Gasteiger partial charge < -0.3 is 5.32 Å². The molecule has 0 fully saturated rings. The molecule has 0 saturated heterocycles. The maximum Gasteiger partial charge on any atom is 0.123 e. The second kappa shape index (κ2) is 7.71. The molecule has 0 aliphatic heterocycles. The Hall–Kier alpha value is -1.19. The first-order valence-corrected chi connectivity index (χ1v) is 8.10. The highest BCUT2D eigenvalue weighted by Gasteiger charge is 2.12. The van der Waals surface area contributed by atoms with Gasteiger partial charge >= 0.3 is 0 Å². The van der Waals surface area contributed by atoms with E-state index >= 15 is 0 Å². The van der Waals surface area contributed by atoms with E-state index in [1.807, 2.05) is 19.1 Å². The van der Waals surface area contributed by atoms with Crippen LogP contribution in [0.5, 0.6) is 0 Å². The lowest BCUT2D eigenvalue weighted by molar-refractivity contribution is 0.518. The van der Waals surface area contributed by atoms with Crippen molar-refractivity contribution in [3.8, 4) is 0 Å². The maximum atomic E-state index is 13.4. The molecular formula is C18H21BrFN. The minimum absolute atomic E-state index is 0.159. The molecule has 0 radical (unpaired) electrons. The highest BCUT2D eigenvalue weighted by atomic mass is 79.9. The van der Waals surface area contributed by atoms with Crippen LogP contribution in [0, 0.1) is 12.7 Å². The molecule has 1 nitrogen and oxygen atoms in total. The van der Waals surface area contributed by atoms with Gasteiger partial charge in [-0.15, -0.1) is 0 Å². The van der Waals surface area contributed by atoms with E-state index < -0.39 is 0 Å². The molecule has 2 rings (SSSR count). The van der Waals surface area contributed by atoms with Gasteiger partial charge in [0.05, 0.1) is 0 Å². The molecule has 0 aromatic heterocycles. The minimum Gasteiger partial charge on any atom is -0.314 e. The van der Waals surface area contributed by atoms with E-state index in [0.717, 1.165) is 35.0 Å². The summed E-state index contributed by atoms with van der Waals surface area (Å²) >= 11 is 3.51. The molecule has 3 heteroatoms. The molecule has 0 heterocycles. The number of hydrogen-bond donors (Lipinski definition) is 1. The largest absolute Gasteiger partial charge is 0.314 e. The van der Waals surface area contributed by atoms with Crippen molar-refractivity contribution in [3.63, 3.8) is 0 Å². The van der Waals surface area contributed by atoms with Crippen LogP contribution in [0.3, 0.4) is 0 Å². The first-order valence-electron chi connectivity index (χ1n) is 7.31. The summed E-state index contributed by atoms with van der Waals surface area (Å²) in [4.78, 5) is 0. The number of hydrogen-bond acceptors (Lipinski definition) is 1. The van der Waals surface area contributed by atoms with E-state index in [2.05, 4.69) is 46.4 Å². The lowest BCUT2D eigenvalue weighted by Crippen LogP contribution is -2.33. The summed E-state index contributed by atoms with van der Waals surface area (Å²) < 4.78 is 14.5. The summed E-state index contributed by atoms with van der Waals surface area (Å²) in [5.74, 6) is -0.159. The molecule has 1 atom stereocenters. The van der Waals surface area contributed by atoms with Crippen LogP contribution in [0.15, 0.2) is 46.9 Å². The molecular weight excluding hydrogens is 329 g/mol. The van der Waals surface area contributed by atoms with Gasteiger partial charge in [0.25, 0.3) is 0 Å². The lowest BCUT2D eigenvalue weighted by Gasteiger charge is -2.19. The van der Waals surface area contributed by atoms with Crippen LogP contribution in [0.2, 0.25) is 0 Å². The number of rotatable bonds is 6. The third kappa shape index (κ3) is 4.94. The molecule has 0 bridgehead atoms. The van der Waals surface area contributed by atoms with Crippen molar-refractivity contribution >= 4 is 15.9 Å². The van der Waals surface area contributed by atoms with Crippen molar-refractivity contribution in [1.82, 2.24) is 5.32 Å². The minimum atomic E-state index is -0.159. The van der Waals surface area contributed by atoms with Crippen molar-refractivity contribution < 1.29 is 4.39 Å². The van der Waals surface area contributed by atoms with Crippen molar-refractivity contribution in [2.75, 3.05) is 6.54 Å². The summed E-state index contributed by atoms with van der Waals surface area (Å²) in [6.07, 6.45) is 1.77. The fourth-order valence-electron chi connectivity index (χ4n) is 2.58. The van der Waals surface area contributed by atoms with Gasteiger partial charge in [-0.2, -0.15) is 0 Å². The summed E-state index contributed by atoms with van der Waals surface area (Å²) in [5, 5.41) is 3.51. The summed E-state index contributed by atoms with van der Waals surface area (Å²) in [6, 6.07) is 13.7. The molecule has 0 aliphatic carbocycles. The van der Waals surface area contributed by atoms with Gasteiger partial charge in [0.1, 0.15) is 5.82 Å². The molecule has 0 saturated carbocycles. The summed E-state index contributed by atoms with van der Waals surface area (Å²) in [7, 11) is 0. The van der Waals surface area contributed by atoms with Crippen LogP contribution in [0.25, 0.3) is 0 Å². The van der Waals surface area contributed by atoms with Crippen LogP contribution in [-0.4, -0.2) is 12.6 Å². The predicted octanol–water partition coefficient (Wildman–Crippen LogP) is 4.66. The average molecular weight is 350 g/mol. The van der Waals surface area contributed by atoms with Gasteiger partial charge in [-0.1, -0.05) is 41.1 Å². The van der Waals surface area contributed by atoms with Crippen LogP contribution in [0.1, 0.15) is 23.6 Å². The first-order chi connectivity index (χ1) is 10.1. The predicted molar refractivity (Wildman–Crippen MR) is 90.2 cm³/mol. The Bertz CT molecular complexity index is 598. The van der Waals surface area contributed by atoms with Crippen molar-refractivity contribution in [1.29, 1.82) is 0 Å². The Morgan fingerprint density at radius 3 is 2.67 bits per heavy atom. The first kappa shape index (κ1) is 16.2. The van der Waals surface area contributed by atoms with E-state index in [9.17, 15) is 4.39 Å². The SMILES string of the molecule is CCNC(Cc1cccc(Br)c1)Cc1cc(F)ccc1C. The number of nitrogens with one attached hydrogen (secondary N) is 1. The number of likely N-dealkylation sites (N-methyl/N-ethyl adjacent to an activating group) is 1. The Balaban J connectivity index is 2.13. The van der Waals surface area contributed by atoms with E-state index in [1.54, 1.807) is 6.07 Å². The number of benzene rings is 2. The zero-order valence-corrected chi connectivity index (χ0v) is 14.1. The van der Waals surface area contributed by atoms with Crippen LogP contribution < -0.4 is 5.32 Å². The zero-order chi connectivity index (χ0) is 15.2. The molecule has 1 unspecified atom stereocenters. The average Bonchev–Trinajstić information content (AvgIpc) is 2.43. The zero-order valence-electron chi connectivity index (χ0n) is 12.5. The maximum absolute atomic E-state index is 13.4. The molecule has 2 aromatic carbocycles. The molecule has 112 valence electrons. The molecule has 21 heavy (non-hydrogen) atoms. The van der Waals surface area contributed by atoms with Crippen molar-refractivity contribution in [2.45, 2.75) is 32.7 Å². The Labute approximate surface area is 134 Å². The standard InChI is InChI=1S/C18H21BrFN/c1-3-21-18(10-14-5-4-6-16(19)9-14)12-15-11-17(20)8-7-13(15)2/h4-9,11,18,21H,3,10,12H2,1-2H3. The monoisotopic (exact) mass is 349 g/mol. The Kier molecular flexibility index (Phi) is 5.95. The van der Waals surface area contributed by atoms with Crippen LogP contribution in [-0.2, 0) is 12.8 Å². The van der Waals surface area contributed by atoms with Gasteiger partial charge in [-0.05, 0) is 67.3 Å². The van der Waals surface area contributed by atoms with E-state index in [-0.39, 0.29) is 5.82 Å². The molecule has 1 N–H and O–H groups in total. The van der Waals surface area contributed by atoms with E-state index in [0.29, 0.717) is 6.04 Å². The molecule has 0 aliphatic rings. The quantitative estimate of drug-likeness (QED) is 0.799. The highest BCUT2D eigenvalue weighted by Crippen LogP contribution is 2.17. The Morgan fingerprint density at radius 2 is 1.95 bits per heavy atom. The topological polar surface area (TPSA) is 12.0 Å². The van der Waals surface area contributed by atoms with Crippen LogP contribution >= 0.6 is 15.9 Å². The summed E-state index contributed by atoms with van der Waals surface area (Å²) in [5.41, 5.74) is 3.51. The van der Waals surface area contributed by atoms with Gasteiger partial charge in [0, 0.05) is 10.5 Å². The fraction of sp³-hybridized carbons (Fsp3) is 0.333. The van der Waals surface area contributed by atoms with Crippen LogP contribution in [0.4, 0.5) is 4.39 Å². The van der Waals surface area contributed by atoms with Gasteiger partial charge in [-0.25, -0.2) is 4.39 Å². The molecule has 0 spiro atoms. The lowest BCUT2D eigenvalue weighted by atomic mass is 9.96. The fourth-order valence-corrected chi connectivity index (χ4v) is 3.03. The smallest absolute Gasteiger partial charge is 0.123 e. The molecule has 0 amide bonds. The highest BCUT2D eigenvalue weighted by molar-refractivity contribution is 9.10. The van der Waals surface area contributed by atoms with Gasteiger partial charge in [-0.3, -0.25) is 0 Å². The normalized spacial score (nSPS) is 12.4. The third-order valence-corrected chi connectivity index (χ3v) is 4.13. The van der Waals surface area contributed by atoms with E-state index in [4.69, 9.17) is 0 Å². The van der Waals surface area contributed by atoms with Crippen molar-refractivity contribution in [2.24, 2.45) is 0 Å². The Morgan fingerprint density at radius 1 is 1.14 bits per heavy atom. The second-order valence-electron chi connectivity index (χ2n) is 5.36. The second-order valence-corrected chi connectivity index (χ2v) is 6.28. The summed E-state index contributed by atoms with van der Waals surface area (Å²) in [6.45, 7) is 5.05. The van der Waals surface area contributed by atoms with Gasteiger partial charge in [0.15, 0.2) is 0 Å². The number of halogens is 2. The van der Waals surface area contributed by atoms with Crippen molar-refractivity contribution in [3.05, 3.63) is 69.4 Å². The van der Waals surface area contributed by atoms with Gasteiger partial charge in [0.2, 0.25) is 0 Å². The number of aryl methyl sites for hydroxylation is 1. The third-order valence-electron chi connectivity index (χ3n) is 3.64. The van der Waals surface area contributed by atoms with E-state index in [1.165, 1.54) is 11.6 Å².